The lowest BCUT2D eigenvalue weighted by molar-refractivity contribution is -0.114. The van der Waals surface area contributed by atoms with Crippen LogP contribution >= 0.6 is 23.1 Å². The fourth-order valence-electron chi connectivity index (χ4n) is 2.15. The van der Waals surface area contributed by atoms with E-state index in [1.165, 1.54) is 36.1 Å². The van der Waals surface area contributed by atoms with Crippen LogP contribution in [0.2, 0.25) is 0 Å². The van der Waals surface area contributed by atoms with E-state index in [0.29, 0.717) is 26.4 Å². The number of nitrogens with one attached hydrogen (secondary N) is 2. The summed E-state index contributed by atoms with van der Waals surface area (Å²) in [7, 11) is 0. The average molecular weight is 402 g/mol. The van der Waals surface area contributed by atoms with Crippen molar-refractivity contribution in [2.24, 2.45) is 0 Å². The summed E-state index contributed by atoms with van der Waals surface area (Å²) in [5.74, 6) is -0.401. The first-order valence-electron chi connectivity index (χ1n) is 7.90. The predicted octanol–water partition coefficient (Wildman–Crippen LogP) is 4.35. The number of thioether (sulfide) groups is 1. The summed E-state index contributed by atoms with van der Waals surface area (Å²) < 4.78 is 14.3. The summed E-state index contributed by atoms with van der Waals surface area (Å²) in [6.07, 6.45) is 0. The van der Waals surface area contributed by atoms with Crippen molar-refractivity contribution in [3.05, 3.63) is 59.9 Å². The molecule has 0 atom stereocenters. The second-order valence-corrected chi connectivity index (χ2v) is 7.65. The number of halogens is 1. The molecule has 0 radical (unpaired) electrons. The van der Waals surface area contributed by atoms with Crippen LogP contribution in [0.5, 0.6) is 0 Å². The molecule has 1 aromatic heterocycles. The predicted molar refractivity (Wildman–Crippen MR) is 105 cm³/mol. The number of aromatic nitrogens is 2. The molecule has 0 spiro atoms. The van der Waals surface area contributed by atoms with Crippen molar-refractivity contribution in [1.29, 1.82) is 0 Å². The van der Waals surface area contributed by atoms with Gasteiger partial charge in [-0.2, -0.15) is 0 Å². The Bertz CT molecular complexity index is 960. The summed E-state index contributed by atoms with van der Waals surface area (Å²) in [4.78, 5) is 23.3. The summed E-state index contributed by atoms with van der Waals surface area (Å²) in [5, 5.41) is 13.9. The molecular weight excluding hydrogens is 387 g/mol. The number of ketones is 1. The number of amides is 1. The van der Waals surface area contributed by atoms with E-state index in [1.807, 2.05) is 0 Å². The van der Waals surface area contributed by atoms with Crippen molar-refractivity contribution < 1.29 is 14.0 Å². The number of hydrogen-bond donors (Lipinski definition) is 2. The second kappa shape index (κ2) is 8.74. The van der Waals surface area contributed by atoms with E-state index < -0.39 is 0 Å². The largest absolute Gasteiger partial charge is 0.328 e. The first-order valence-corrected chi connectivity index (χ1v) is 9.70. The Kier molecular flexibility index (Phi) is 6.15. The lowest BCUT2D eigenvalue weighted by atomic mass is 10.1. The van der Waals surface area contributed by atoms with Crippen molar-refractivity contribution in [3.8, 4) is 0 Å². The lowest BCUT2D eigenvalue weighted by Crippen LogP contribution is -2.06. The van der Waals surface area contributed by atoms with E-state index in [2.05, 4.69) is 20.8 Å². The topological polar surface area (TPSA) is 84.0 Å². The van der Waals surface area contributed by atoms with Gasteiger partial charge in [0, 0.05) is 18.2 Å². The summed E-state index contributed by atoms with van der Waals surface area (Å²) in [6, 6.07) is 13.0. The average Bonchev–Trinajstić information content (AvgIpc) is 3.09. The van der Waals surface area contributed by atoms with E-state index in [0.717, 1.165) is 0 Å². The van der Waals surface area contributed by atoms with Crippen LogP contribution in [0.3, 0.4) is 0 Å². The van der Waals surface area contributed by atoms with Crippen molar-refractivity contribution in [2.45, 2.75) is 11.3 Å². The Balaban J connectivity index is 1.55. The Hall–Kier alpha value is -2.78. The van der Waals surface area contributed by atoms with Crippen LogP contribution in [0.25, 0.3) is 0 Å². The van der Waals surface area contributed by atoms with Gasteiger partial charge in [0.2, 0.25) is 11.0 Å². The van der Waals surface area contributed by atoms with Gasteiger partial charge in [-0.25, -0.2) is 4.39 Å². The van der Waals surface area contributed by atoms with Crippen LogP contribution in [-0.2, 0) is 4.79 Å². The van der Waals surface area contributed by atoms with Gasteiger partial charge in [-0.3, -0.25) is 9.59 Å². The quantitative estimate of drug-likeness (QED) is 0.451. The minimum atomic E-state index is -0.375. The summed E-state index contributed by atoms with van der Waals surface area (Å²) >= 11 is 2.51. The summed E-state index contributed by atoms with van der Waals surface area (Å²) in [6.45, 7) is 1.42. The van der Waals surface area contributed by atoms with Gasteiger partial charge >= 0.3 is 0 Å². The maximum atomic E-state index is 13.6. The molecule has 9 heteroatoms. The molecule has 138 valence electrons. The number of Topliss-reactive ketones (excluding diaryl/α,β-unsaturated/α-hetero) is 1. The van der Waals surface area contributed by atoms with Crippen LogP contribution in [0.4, 0.5) is 20.9 Å². The van der Waals surface area contributed by atoms with Crippen LogP contribution in [0.15, 0.2) is 52.9 Å². The number of para-hydroxylation sites is 1. The van der Waals surface area contributed by atoms with E-state index in [9.17, 15) is 14.0 Å². The molecule has 0 unspecified atom stereocenters. The summed E-state index contributed by atoms with van der Waals surface area (Å²) in [5.41, 5.74) is 1.51. The highest BCUT2D eigenvalue weighted by Crippen LogP contribution is 2.29. The van der Waals surface area contributed by atoms with Gasteiger partial charge in [-0.15, -0.1) is 10.2 Å². The molecule has 27 heavy (non-hydrogen) atoms. The molecule has 0 aliphatic heterocycles. The van der Waals surface area contributed by atoms with Gasteiger partial charge < -0.3 is 10.6 Å². The number of carbonyl (C=O) groups is 2. The smallest absolute Gasteiger partial charge is 0.221 e. The molecule has 2 aromatic carbocycles. The molecule has 0 fully saturated rings. The second-order valence-electron chi connectivity index (χ2n) is 5.45. The Morgan fingerprint density at radius 3 is 2.56 bits per heavy atom. The molecule has 3 rings (SSSR count). The molecule has 0 saturated heterocycles. The van der Waals surface area contributed by atoms with Gasteiger partial charge in [0.05, 0.1) is 11.4 Å². The Morgan fingerprint density at radius 2 is 1.85 bits per heavy atom. The molecule has 0 aliphatic carbocycles. The maximum Gasteiger partial charge on any atom is 0.221 e. The zero-order valence-corrected chi connectivity index (χ0v) is 15.9. The third-order valence-corrected chi connectivity index (χ3v) is 5.35. The molecule has 0 saturated carbocycles. The Morgan fingerprint density at radius 1 is 1.11 bits per heavy atom. The van der Waals surface area contributed by atoms with E-state index in [4.69, 9.17) is 0 Å². The van der Waals surface area contributed by atoms with Gasteiger partial charge in [0.15, 0.2) is 10.1 Å². The van der Waals surface area contributed by atoms with Crippen molar-refractivity contribution in [3.63, 3.8) is 0 Å². The third-order valence-electron chi connectivity index (χ3n) is 3.38. The molecular formula is C18H15FN4O2S2. The third kappa shape index (κ3) is 5.35. The zero-order chi connectivity index (χ0) is 19.2. The first-order chi connectivity index (χ1) is 13.0. The van der Waals surface area contributed by atoms with Gasteiger partial charge in [-0.1, -0.05) is 35.2 Å². The van der Waals surface area contributed by atoms with Crippen molar-refractivity contribution >= 4 is 51.3 Å². The number of carbonyl (C=O) groups excluding carboxylic acids is 2. The molecule has 1 amide bonds. The molecule has 2 N–H and O–H groups in total. The highest BCUT2D eigenvalue weighted by Gasteiger charge is 2.11. The zero-order valence-electron chi connectivity index (χ0n) is 14.2. The molecule has 1 heterocycles. The van der Waals surface area contributed by atoms with Gasteiger partial charge in [0.25, 0.3) is 0 Å². The highest BCUT2D eigenvalue weighted by atomic mass is 32.2. The number of anilines is 3. The molecule has 0 aliphatic rings. The minimum Gasteiger partial charge on any atom is -0.328 e. The van der Waals surface area contributed by atoms with Gasteiger partial charge in [-0.05, 0) is 36.4 Å². The number of nitrogens with zero attached hydrogens (tertiary/aromatic N) is 2. The Labute approximate surface area is 163 Å². The number of rotatable bonds is 7. The maximum absolute atomic E-state index is 13.6. The molecule has 6 nitrogen and oxygen atoms in total. The highest BCUT2D eigenvalue weighted by molar-refractivity contribution is 8.01. The fraction of sp³-hybridized carbons (Fsp3) is 0.111. The van der Waals surface area contributed by atoms with Crippen LogP contribution in [-0.4, -0.2) is 27.6 Å². The number of hydrogen-bond acceptors (Lipinski definition) is 7. The van der Waals surface area contributed by atoms with Crippen molar-refractivity contribution in [2.75, 3.05) is 16.4 Å². The van der Waals surface area contributed by atoms with Crippen LogP contribution in [0, 0.1) is 5.82 Å². The van der Waals surface area contributed by atoms with E-state index >= 15 is 0 Å². The monoisotopic (exact) mass is 402 g/mol. The first kappa shape index (κ1) is 19.0. The molecule has 3 aromatic rings. The number of benzene rings is 2. The normalized spacial score (nSPS) is 10.4. The fourth-order valence-corrected chi connectivity index (χ4v) is 3.81. The van der Waals surface area contributed by atoms with E-state index in [1.54, 1.807) is 42.5 Å². The van der Waals surface area contributed by atoms with Gasteiger partial charge in [0.1, 0.15) is 5.82 Å². The van der Waals surface area contributed by atoms with Crippen LogP contribution < -0.4 is 10.6 Å². The van der Waals surface area contributed by atoms with Crippen LogP contribution in [0.1, 0.15) is 17.3 Å². The lowest BCUT2D eigenvalue weighted by Gasteiger charge is -2.03. The SMILES string of the molecule is CC(=O)Nc1ccc(C(=O)CSc2nnc(Nc3ccccc3F)s2)cc1. The molecule has 0 bridgehead atoms. The van der Waals surface area contributed by atoms with Crippen molar-refractivity contribution in [1.82, 2.24) is 10.2 Å². The standard InChI is InChI=1S/C18H15FN4O2S2/c1-11(24)20-13-8-6-12(7-9-13)16(25)10-26-18-23-22-17(27-18)21-15-5-3-2-4-14(15)19/h2-9H,10H2,1H3,(H,20,24)(H,21,22). The minimum absolute atomic E-state index is 0.0619. The van der Waals surface area contributed by atoms with E-state index in [-0.39, 0.29) is 23.3 Å².